The van der Waals surface area contributed by atoms with Crippen LogP contribution in [0.2, 0.25) is 5.02 Å². The molecule has 0 saturated carbocycles. The van der Waals surface area contributed by atoms with Gasteiger partial charge in [0.15, 0.2) is 0 Å². The van der Waals surface area contributed by atoms with Gasteiger partial charge < -0.3 is 4.52 Å². The van der Waals surface area contributed by atoms with Crippen LogP contribution in [0.25, 0.3) is 11.4 Å². The zero-order valence-corrected chi connectivity index (χ0v) is 14.6. The van der Waals surface area contributed by atoms with Gasteiger partial charge in [-0.25, -0.2) is 0 Å². The highest BCUT2D eigenvalue weighted by atomic mass is 35.5. The van der Waals surface area contributed by atoms with Gasteiger partial charge in [-0.1, -0.05) is 47.1 Å². The van der Waals surface area contributed by atoms with Crippen LogP contribution in [-0.4, -0.2) is 22.1 Å². The van der Waals surface area contributed by atoms with E-state index >= 15 is 0 Å². The van der Waals surface area contributed by atoms with Gasteiger partial charge >= 0.3 is 6.18 Å². The normalized spacial score (nSPS) is 11.9. The van der Waals surface area contributed by atoms with Crippen LogP contribution in [0.4, 0.5) is 13.2 Å². The summed E-state index contributed by atoms with van der Waals surface area (Å²) in [5.41, 5.74) is 0.178. The first-order valence-corrected chi connectivity index (χ1v) is 8.13. The molecule has 0 aliphatic carbocycles. The lowest BCUT2D eigenvalue weighted by Gasteiger charge is -2.18. The third kappa shape index (κ3) is 4.23. The van der Waals surface area contributed by atoms with Crippen LogP contribution >= 0.6 is 11.6 Å². The van der Waals surface area contributed by atoms with Crippen LogP contribution in [-0.2, 0) is 19.3 Å². The Morgan fingerprint density at radius 2 is 1.73 bits per heavy atom. The average molecular weight is 382 g/mol. The smallest absolute Gasteiger partial charge is 0.338 e. The van der Waals surface area contributed by atoms with Crippen molar-refractivity contribution in [3.63, 3.8) is 0 Å². The Balaban J connectivity index is 1.72. The summed E-state index contributed by atoms with van der Waals surface area (Å²) in [6, 6.07) is 12.6. The lowest BCUT2D eigenvalue weighted by Crippen LogP contribution is -2.20. The van der Waals surface area contributed by atoms with Crippen LogP contribution in [0.5, 0.6) is 0 Å². The van der Waals surface area contributed by atoms with Crippen molar-refractivity contribution < 1.29 is 17.7 Å². The fraction of sp³-hybridized carbons (Fsp3) is 0.222. The van der Waals surface area contributed by atoms with Crippen molar-refractivity contribution in [2.45, 2.75) is 19.3 Å². The predicted octanol–water partition coefficient (Wildman–Crippen LogP) is 5.04. The monoisotopic (exact) mass is 381 g/mol. The zero-order valence-electron chi connectivity index (χ0n) is 13.8. The number of aromatic nitrogens is 2. The molecule has 0 unspecified atom stereocenters. The van der Waals surface area contributed by atoms with E-state index in [1.807, 2.05) is 0 Å². The van der Waals surface area contributed by atoms with Crippen molar-refractivity contribution in [1.29, 1.82) is 0 Å². The van der Waals surface area contributed by atoms with E-state index in [2.05, 4.69) is 10.1 Å². The largest absolute Gasteiger partial charge is 0.416 e. The first-order chi connectivity index (χ1) is 12.3. The zero-order chi connectivity index (χ0) is 18.7. The molecule has 3 aromatic rings. The van der Waals surface area contributed by atoms with Crippen molar-refractivity contribution in [2.24, 2.45) is 0 Å². The van der Waals surface area contributed by atoms with Gasteiger partial charge in [0.2, 0.25) is 11.7 Å². The van der Waals surface area contributed by atoms with Gasteiger partial charge in [0.1, 0.15) is 0 Å². The van der Waals surface area contributed by atoms with Crippen molar-refractivity contribution in [2.75, 3.05) is 7.05 Å². The standard InChI is InChI=1S/C18H15ClF3N3O/c1-25(10-12-6-2-4-8-14(12)18(20,21)22)11-16-23-17(24-26-16)13-7-3-5-9-15(13)19/h2-9H,10-11H2,1H3. The van der Waals surface area contributed by atoms with E-state index < -0.39 is 11.7 Å². The molecule has 8 heteroatoms. The number of nitrogens with zero attached hydrogens (tertiary/aromatic N) is 3. The topological polar surface area (TPSA) is 42.2 Å². The van der Waals surface area contributed by atoms with Gasteiger partial charge in [-0.3, -0.25) is 4.90 Å². The quantitative estimate of drug-likeness (QED) is 0.621. The number of hydrogen-bond donors (Lipinski definition) is 0. The Kier molecular flexibility index (Phi) is 5.29. The molecule has 0 saturated heterocycles. The lowest BCUT2D eigenvalue weighted by molar-refractivity contribution is -0.138. The Morgan fingerprint density at radius 3 is 2.46 bits per heavy atom. The van der Waals surface area contributed by atoms with Crippen molar-refractivity contribution >= 4 is 11.6 Å². The first kappa shape index (κ1) is 18.4. The van der Waals surface area contributed by atoms with Gasteiger partial charge in [0, 0.05) is 12.1 Å². The molecule has 136 valence electrons. The third-order valence-electron chi connectivity index (χ3n) is 3.75. The van der Waals surface area contributed by atoms with E-state index in [1.54, 1.807) is 42.3 Å². The van der Waals surface area contributed by atoms with E-state index in [0.717, 1.165) is 6.07 Å². The highest BCUT2D eigenvalue weighted by Gasteiger charge is 2.33. The minimum Gasteiger partial charge on any atom is -0.338 e. The second-order valence-corrected chi connectivity index (χ2v) is 6.23. The van der Waals surface area contributed by atoms with E-state index in [1.165, 1.54) is 12.1 Å². The van der Waals surface area contributed by atoms with Gasteiger partial charge in [-0.2, -0.15) is 18.2 Å². The van der Waals surface area contributed by atoms with Crippen LogP contribution < -0.4 is 0 Å². The molecule has 0 N–H and O–H groups in total. The molecular weight excluding hydrogens is 367 g/mol. The molecule has 4 nitrogen and oxygen atoms in total. The fourth-order valence-electron chi connectivity index (χ4n) is 2.58. The van der Waals surface area contributed by atoms with Crippen LogP contribution in [0.1, 0.15) is 17.0 Å². The molecule has 0 spiro atoms. The summed E-state index contributed by atoms with van der Waals surface area (Å²) in [5.74, 6) is 0.640. The molecule has 2 aromatic carbocycles. The van der Waals surface area contributed by atoms with Gasteiger partial charge in [0.05, 0.1) is 17.1 Å². The molecule has 0 aliphatic heterocycles. The maximum Gasteiger partial charge on any atom is 0.416 e. The first-order valence-electron chi connectivity index (χ1n) is 7.75. The van der Waals surface area contributed by atoms with E-state index in [-0.39, 0.29) is 18.7 Å². The second kappa shape index (κ2) is 7.47. The fourth-order valence-corrected chi connectivity index (χ4v) is 2.80. The summed E-state index contributed by atoms with van der Waals surface area (Å²) < 4.78 is 44.4. The molecule has 0 bridgehead atoms. The molecule has 0 amide bonds. The molecule has 1 heterocycles. The van der Waals surface area contributed by atoms with Crippen molar-refractivity contribution in [1.82, 2.24) is 15.0 Å². The van der Waals surface area contributed by atoms with Gasteiger partial charge in [-0.05, 0) is 30.8 Å². The van der Waals surface area contributed by atoms with Crippen LogP contribution in [0, 0.1) is 0 Å². The maximum atomic E-state index is 13.1. The van der Waals surface area contributed by atoms with Gasteiger partial charge in [-0.15, -0.1) is 0 Å². The van der Waals surface area contributed by atoms with Crippen LogP contribution in [0.3, 0.4) is 0 Å². The molecule has 3 rings (SSSR count). The second-order valence-electron chi connectivity index (χ2n) is 5.82. The molecule has 1 aromatic heterocycles. The molecule has 0 fully saturated rings. The minimum absolute atomic E-state index is 0.0967. The Morgan fingerprint density at radius 1 is 1.04 bits per heavy atom. The minimum atomic E-state index is -4.39. The van der Waals surface area contributed by atoms with Crippen molar-refractivity contribution in [3.05, 3.63) is 70.6 Å². The van der Waals surface area contributed by atoms with E-state index in [9.17, 15) is 13.2 Å². The SMILES string of the molecule is CN(Cc1nc(-c2ccccc2Cl)no1)Cc1ccccc1C(F)(F)F. The number of hydrogen-bond acceptors (Lipinski definition) is 4. The van der Waals surface area contributed by atoms with E-state index in [4.69, 9.17) is 16.1 Å². The summed E-state index contributed by atoms with van der Waals surface area (Å²) in [6.45, 7) is 0.309. The Hall–Kier alpha value is -2.38. The summed E-state index contributed by atoms with van der Waals surface area (Å²) in [6.07, 6.45) is -4.39. The van der Waals surface area contributed by atoms with Crippen molar-refractivity contribution in [3.8, 4) is 11.4 Å². The lowest BCUT2D eigenvalue weighted by atomic mass is 10.1. The molecule has 0 aliphatic rings. The summed E-state index contributed by atoms with van der Waals surface area (Å²) >= 11 is 6.10. The molecule has 0 atom stereocenters. The number of halogens is 4. The Labute approximate surface area is 153 Å². The molecular formula is C18H15ClF3N3O. The average Bonchev–Trinajstić information content (AvgIpc) is 3.03. The number of benzene rings is 2. The summed E-state index contributed by atoms with van der Waals surface area (Å²) in [5, 5.41) is 4.38. The predicted molar refractivity (Wildman–Crippen MR) is 91.4 cm³/mol. The Bertz CT molecular complexity index is 895. The maximum absolute atomic E-state index is 13.1. The van der Waals surface area contributed by atoms with Crippen LogP contribution in [0.15, 0.2) is 53.1 Å². The highest BCUT2D eigenvalue weighted by molar-refractivity contribution is 6.33. The molecule has 26 heavy (non-hydrogen) atoms. The van der Waals surface area contributed by atoms with Gasteiger partial charge in [0.25, 0.3) is 0 Å². The number of alkyl halides is 3. The summed E-state index contributed by atoms with van der Waals surface area (Å²) in [7, 11) is 1.69. The third-order valence-corrected chi connectivity index (χ3v) is 4.08. The molecule has 0 radical (unpaired) electrons. The highest BCUT2D eigenvalue weighted by Crippen LogP contribution is 2.32. The summed E-state index contributed by atoms with van der Waals surface area (Å²) in [4.78, 5) is 5.94. The van der Waals surface area contributed by atoms with E-state index in [0.29, 0.717) is 22.3 Å². The number of rotatable bonds is 5.